The molecule has 1 heterocycles. The average molecular weight is 162 g/mol. The Morgan fingerprint density at radius 2 is 2.33 bits per heavy atom. The molecule has 0 aliphatic carbocycles. The number of nitrogens with zero attached hydrogens (tertiary/aromatic N) is 2. The van der Waals surface area contributed by atoms with Crippen molar-refractivity contribution in [3.8, 4) is 0 Å². The fraction of sp³-hybridized carbons (Fsp3) is 0. The molecule has 1 aromatic carbocycles. The maximum Gasteiger partial charge on any atom is 0.344 e. The minimum atomic E-state index is -0.294. The van der Waals surface area contributed by atoms with Crippen LogP contribution in [0.15, 0.2) is 34.4 Å². The third-order valence-corrected chi connectivity index (χ3v) is 1.46. The first-order chi connectivity index (χ1) is 5.86. The van der Waals surface area contributed by atoms with E-state index in [2.05, 4.69) is 21.9 Å². The Morgan fingerprint density at radius 1 is 1.42 bits per heavy atom. The van der Waals surface area contributed by atoms with E-state index in [1.807, 2.05) is 0 Å². The SMILES string of the molecule is Fc1cccc(C2=NN[C+]=N2)c1. The summed E-state index contributed by atoms with van der Waals surface area (Å²) < 4.78 is 12.7. The van der Waals surface area contributed by atoms with Crippen molar-refractivity contribution >= 4 is 12.2 Å². The minimum Gasteiger partial charge on any atom is -0.207 e. The Labute approximate surface area is 68.6 Å². The summed E-state index contributed by atoms with van der Waals surface area (Å²) in [7, 11) is 0. The molecule has 0 bridgehead atoms. The monoisotopic (exact) mass is 162 g/mol. The van der Waals surface area contributed by atoms with Crippen LogP contribution >= 0.6 is 0 Å². The van der Waals surface area contributed by atoms with Crippen molar-refractivity contribution in [2.75, 3.05) is 0 Å². The standard InChI is InChI=1S/C8H5FN3/c9-7-3-1-2-6(4-7)8-10-5-11-12-8/h1-4H,(H,10,11,12)/q+1. The number of aliphatic imine (C=N–C) groups is 1. The van der Waals surface area contributed by atoms with Crippen LogP contribution in [0, 0.1) is 5.82 Å². The van der Waals surface area contributed by atoms with Crippen LogP contribution in [0.2, 0.25) is 0 Å². The van der Waals surface area contributed by atoms with Crippen molar-refractivity contribution in [2.45, 2.75) is 0 Å². The summed E-state index contributed by atoms with van der Waals surface area (Å²) >= 11 is 0. The topological polar surface area (TPSA) is 36.8 Å². The molecule has 12 heavy (non-hydrogen) atoms. The quantitative estimate of drug-likeness (QED) is 0.614. The maximum atomic E-state index is 12.7. The van der Waals surface area contributed by atoms with E-state index >= 15 is 0 Å². The number of halogens is 1. The molecule has 0 amide bonds. The first-order valence-electron chi connectivity index (χ1n) is 3.40. The van der Waals surface area contributed by atoms with Gasteiger partial charge in [-0.2, -0.15) is 0 Å². The molecule has 2 rings (SSSR count). The largest absolute Gasteiger partial charge is 0.344 e. The highest BCUT2D eigenvalue weighted by Crippen LogP contribution is 2.06. The molecule has 1 N–H and O–H groups in total. The highest BCUT2D eigenvalue weighted by molar-refractivity contribution is 6.04. The fourth-order valence-electron chi connectivity index (χ4n) is 0.938. The lowest BCUT2D eigenvalue weighted by Gasteiger charge is -1.88. The van der Waals surface area contributed by atoms with Gasteiger partial charge in [0.1, 0.15) is 11.4 Å². The number of hydrogen-bond donors (Lipinski definition) is 1. The second-order valence-electron chi connectivity index (χ2n) is 2.28. The van der Waals surface area contributed by atoms with Crippen molar-refractivity contribution in [1.29, 1.82) is 0 Å². The van der Waals surface area contributed by atoms with E-state index in [9.17, 15) is 4.39 Å². The lowest BCUT2D eigenvalue weighted by atomic mass is 10.2. The van der Waals surface area contributed by atoms with Crippen LogP contribution in [-0.2, 0) is 0 Å². The van der Waals surface area contributed by atoms with Gasteiger partial charge in [0.15, 0.2) is 0 Å². The highest BCUT2D eigenvalue weighted by Gasteiger charge is 2.17. The number of hydrazone groups is 1. The van der Waals surface area contributed by atoms with E-state index in [1.165, 1.54) is 12.1 Å². The summed E-state index contributed by atoms with van der Waals surface area (Å²) in [6, 6.07) is 6.10. The summed E-state index contributed by atoms with van der Waals surface area (Å²) in [4.78, 5) is 3.77. The van der Waals surface area contributed by atoms with Gasteiger partial charge in [-0.15, -0.1) is 5.43 Å². The molecule has 4 heteroatoms. The molecule has 1 aromatic rings. The smallest absolute Gasteiger partial charge is 0.207 e. The van der Waals surface area contributed by atoms with E-state index in [-0.39, 0.29) is 5.82 Å². The van der Waals surface area contributed by atoms with Crippen molar-refractivity contribution in [2.24, 2.45) is 10.1 Å². The number of hydrogen-bond acceptors (Lipinski definition) is 3. The second kappa shape index (κ2) is 2.68. The maximum absolute atomic E-state index is 12.7. The average Bonchev–Trinajstić information content (AvgIpc) is 2.56. The van der Waals surface area contributed by atoms with Gasteiger partial charge in [-0.1, -0.05) is 6.07 Å². The van der Waals surface area contributed by atoms with Crippen molar-refractivity contribution in [3.63, 3.8) is 0 Å². The molecule has 1 aliphatic heterocycles. The van der Waals surface area contributed by atoms with E-state index in [4.69, 9.17) is 0 Å². The van der Waals surface area contributed by atoms with Crippen LogP contribution in [0.4, 0.5) is 4.39 Å². The Hall–Kier alpha value is -1.80. The number of benzene rings is 1. The summed E-state index contributed by atoms with van der Waals surface area (Å²) in [5.41, 5.74) is 3.08. The molecule has 0 aromatic heterocycles. The zero-order chi connectivity index (χ0) is 8.39. The first-order valence-corrected chi connectivity index (χ1v) is 3.40. The highest BCUT2D eigenvalue weighted by atomic mass is 19.1. The van der Waals surface area contributed by atoms with Crippen molar-refractivity contribution < 1.29 is 4.39 Å². The Balaban J connectivity index is 2.40. The van der Waals surface area contributed by atoms with Gasteiger partial charge in [0, 0.05) is 11.1 Å². The molecule has 0 saturated heterocycles. The van der Waals surface area contributed by atoms with Crippen LogP contribution in [0.3, 0.4) is 0 Å². The van der Waals surface area contributed by atoms with Crippen molar-refractivity contribution in [1.82, 2.24) is 5.43 Å². The van der Waals surface area contributed by atoms with Crippen molar-refractivity contribution in [3.05, 3.63) is 35.6 Å². The molecule has 3 nitrogen and oxygen atoms in total. The predicted octanol–water partition coefficient (Wildman–Crippen LogP) is 0.996. The van der Waals surface area contributed by atoms with Crippen LogP contribution < -0.4 is 5.43 Å². The summed E-state index contributed by atoms with van der Waals surface area (Å²) in [5.74, 6) is 0.159. The Kier molecular flexibility index (Phi) is 1.54. The molecular weight excluding hydrogens is 157 g/mol. The molecule has 0 unspecified atom stereocenters. The normalized spacial score (nSPS) is 13.6. The molecule has 0 atom stereocenters. The van der Waals surface area contributed by atoms with E-state index in [1.54, 1.807) is 12.1 Å². The molecule has 0 saturated carbocycles. The molecule has 0 spiro atoms. The molecule has 0 fully saturated rings. The molecule has 1 aliphatic rings. The molecule has 58 valence electrons. The lowest BCUT2D eigenvalue weighted by Crippen LogP contribution is -1.96. The number of nitrogens with one attached hydrogen (secondary N) is 1. The van der Waals surface area contributed by atoms with Gasteiger partial charge >= 0.3 is 12.2 Å². The van der Waals surface area contributed by atoms with E-state index in [0.29, 0.717) is 11.4 Å². The molecule has 0 radical (unpaired) electrons. The summed E-state index contributed by atoms with van der Waals surface area (Å²) in [6.45, 7) is 0. The third-order valence-electron chi connectivity index (χ3n) is 1.46. The Bertz CT molecular complexity index is 357. The van der Waals surface area contributed by atoms with Gasteiger partial charge in [-0.05, 0) is 17.2 Å². The fourth-order valence-corrected chi connectivity index (χ4v) is 0.938. The summed E-state index contributed by atoms with van der Waals surface area (Å²) in [6.07, 6.45) is 2.44. The Morgan fingerprint density at radius 3 is 3.00 bits per heavy atom. The van der Waals surface area contributed by atoms with Crippen LogP contribution in [0.25, 0.3) is 0 Å². The summed E-state index contributed by atoms with van der Waals surface area (Å²) in [5, 5.41) is 3.77. The zero-order valence-electron chi connectivity index (χ0n) is 6.08. The van der Waals surface area contributed by atoms with Crippen LogP contribution in [-0.4, -0.2) is 12.2 Å². The second-order valence-corrected chi connectivity index (χ2v) is 2.28. The van der Waals surface area contributed by atoms with Crippen LogP contribution in [0.5, 0.6) is 0 Å². The zero-order valence-corrected chi connectivity index (χ0v) is 6.08. The van der Waals surface area contributed by atoms with E-state index < -0.39 is 0 Å². The minimum absolute atomic E-state index is 0.294. The van der Waals surface area contributed by atoms with Gasteiger partial charge in [0.2, 0.25) is 0 Å². The number of amidine groups is 1. The lowest BCUT2D eigenvalue weighted by molar-refractivity contribution is 0.627. The van der Waals surface area contributed by atoms with Gasteiger partial charge in [-0.25, -0.2) is 4.39 Å². The van der Waals surface area contributed by atoms with Gasteiger partial charge < -0.3 is 0 Å². The van der Waals surface area contributed by atoms with Gasteiger partial charge in [0.25, 0.3) is 0 Å². The van der Waals surface area contributed by atoms with Gasteiger partial charge in [-0.3, -0.25) is 0 Å². The van der Waals surface area contributed by atoms with E-state index in [0.717, 1.165) is 0 Å². The predicted molar refractivity (Wildman–Crippen MR) is 43.5 cm³/mol. The van der Waals surface area contributed by atoms with Crippen LogP contribution in [0.1, 0.15) is 5.56 Å². The molecular formula is C8H5FN3+. The first kappa shape index (κ1) is 6.88. The third kappa shape index (κ3) is 1.15. The number of rotatable bonds is 1. The van der Waals surface area contributed by atoms with Gasteiger partial charge in [0.05, 0.1) is 0 Å².